The number of amides is 1. The predicted molar refractivity (Wildman–Crippen MR) is 97.6 cm³/mol. The number of methoxy groups -OCH3 is 1. The lowest BCUT2D eigenvalue weighted by Crippen LogP contribution is -2.21. The number of benzene rings is 2. The standard InChI is InChI=1S/C19H17ClFNO5/c1-26-17-8-6-14(10-15(17)20)22-18(24)11-27-19(25)9-7-16(23)12-2-4-13(21)5-3-12/h2-6,8,10H,7,9,11H2,1H3,(H,22,24). The van der Waals surface area contributed by atoms with E-state index in [4.69, 9.17) is 21.1 Å². The summed E-state index contributed by atoms with van der Waals surface area (Å²) < 4.78 is 22.7. The van der Waals surface area contributed by atoms with Crippen molar-refractivity contribution in [3.8, 4) is 5.75 Å². The van der Waals surface area contributed by atoms with Crippen molar-refractivity contribution >= 4 is 34.9 Å². The van der Waals surface area contributed by atoms with Gasteiger partial charge in [0, 0.05) is 17.7 Å². The van der Waals surface area contributed by atoms with Gasteiger partial charge in [0.25, 0.3) is 5.91 Å². The summed E-state index contributed by atoms with van der Waals surface area (Å²) in [5, 5.41) is 2.85. The number of carbonyl (C=O) groups is 3. The molecule has 2 aromatic rings. The van der Waals surface area contributed by atoms with Crippen molar-refractivity contribution in [3.63, 3.8) is 0 Å². The Morgan fingerprint density at radius 3 is 2.41 bits per heavy atom. The fourth-order valence-electron chi connectivity index (χ4n) is 2.16. The lowest BCUT2D eigenvalue weighted by Gasteiger charge is -2.08. The fraction of sp³-hybridized carbons (Fsp3) is 0.211. The average Bonchev–Trinajstić information content (AvgIpc) is 2.65. The molecule has 0 bridgehead atoms. The van der Waals surface area contributed by atoms with Crippen molar-refractivity contribution in [2.75, 3.05) is 19.0 Å². The lowest BCUT2D eigenvalue weighted by molar-refractivity contribution is -0.147. The van der Waals surface area contributed by atoms with Crippen LogP contribution in [-0.2, 0) is 14.3 Å². The van der Waals surface area contributed by atoms with E-state index in [0.717, 1.165) is 0 Å². The molecular weight excluding hydrogens is 377 g/mol. The van der Waals surface area contributed by atoms with Crippen LogP contribution in [0, 0.1) is 5.82 Å². The summed E-state index contributed by atoms with van der Waals surface area (Å²) >= 11 is 5.96. The number of ether oxygens (including phenoxy) is 2. The molecule has 0 fully saturated rings. The van der Waals surface area contributed by atoms with E-state index in [1.165, 1.54) is 37.4 Å². The molecule has 2 rings (SSSR count). The normalized spacial score (nSPS) is 10.2. The van der Waals surface area contributed by atoms with Crippen molar-refractivity contribution in [1.29, 1.82) is 0 Å². The number of carbonyl (C=O) groups excluding carboxylic acids is 3. The molecule has 0 aliphatic carbocycles. The number of nitrogens with one attached hydrogen (secondary N) is 1. The van der Waals surface area contributed by atoms with Gasteiger partial charge in [-0.05, 0) is 42.5 Å². The zero-order valence-corrected chi connectivity index (χ0v) is 15.2. The van der Waals surface area contributed by atoms with Crippen LogP contribution in [0.3, 0.4) is 0 Å². The van der Waals surface area contributed by atoms with Gasteiger partial charge in [0.2, 0.25) is 0 Å². The van der Waals surface area contributed by atoms with E-state index in [9.17, 15) is 18.8 Å². The van der Waals surface area contributed by atoms with Crippen molar-refractivity contribution in [2.45, 2.75) is 12.8 Å². The molecule has 8 heteroatoms. The third kappa shape index (κ3) is 6.38. The second-order valence-electron chi connectivity index (χ2n) is 5.49. The number of ketones is 1. The van der Waals surface area contributed by atoms with Crippen LogP contribution >= 0.6 is 11.6 Å². The summed E-state index contributed by atoms with van der Waals surface area (Å²) in [5.41, 5.74) is 0.728. The zero-order chi connectivity index (χ0) is 19.8. The first-order valence-corrected chi connectivity index (χ1v) is 8.34. The molecule has 0 aromatic heterocycles. The van der Waals surface area contributed by atoms with E-state index < -0.39 is 24.3 Å². The molecule has 0 radical (unpaired) electrons. The minimum Gasteiger partial charge on any atom is -0.495 e. The van der Waals surface area contributed by atoms with Crippen molar-refractivity contribution < 1.29 is 28.2 Å². The lowest BCUT2D eigenvalue weighted by atomic mass is 10.1. The van der Waals surface area contributed by atoms with Crippen LogP contribution in [0.15, 0.2) is 42.5 Å². The van der Waals surface area contributed by atoms with Gasteiger partial charge in [-0.2, -0.15) is 0 Å². The van der Waals surface area contributed by atoms with Crippen LogP contribution < -0.4 is 10.1 Å². The molecule has 0 saturated carbocycles. The number of hydrogen-bond acceptors (Lipinski definition) is 5. The van der Waals surface area contributed by atoms with Crippen molar-refractivity contribution in [1.82, 2.24) is 0 Å². The average molecular weight is 394 g/mol. The Bertz CT molecular complexity index is 838. The number of rotatable bonds is 8. The SMILES string of the molecule is COc1ccc(NC(=O)COC(=O)CCC(=O)c2ccc(F)cc2)cc1Cl. The molecule has 0 spiro atoms. The van der Waals surface area contributed by atoms with Gasteiger partial charge in [-0.15, -0.1) is 0 Å². The van der Waals surface area contributed by atoms with Crippen LogP contribution in [0.1, 0.15) is 23.2 Å². The van der Waals surface area contributed by atoms with Gasteiger partial charge in [0.15, 0.2) is 12.4 Å². The fourth-order valence-corrected chi connectivity index (χ4v) is 2.41. The Balaban J connectivity index is 1.74. The highest BCUT2D eigenvalue weighted by Gasteiger charge is 2.12. The smallest absolute Gasteiger partial charge is 0.306 e. The minimum absolute atomic E-state index is 0.0971. The van der Waals surface area contributed by atoms with Gasteiger partial charge < -0.3 is 14.8 Å². The van der Waals surface area contributed by atoms with Gasteiger partial charge in [-0.3, -0.25) is 14.4 Å². The molecule has 0 atom stereocenters. The third-order valence-corrected chi connectivity index (χ3v) is 3.82. The summed E-state index contributed by atoms with van der Waals surface area (Å²) in [7, 11) is 1.47. The second kappa shape index (κ2) is 9.68. The molecule has 6 nitrogen and oxygen atoms in total. The Kier molecular flexibility index (Phi) is 7.31. The van der Waals surface area contributed by atoms with Crippen LogP contribution in [0.2, 0.25) is 5.02 Å². The first-order valence-electron chi connectivity index (χ1n) is 7.97. The van der Waals surface area contributed by atoms with Crippen molar-refractivity contribution in [2.24, 2.45) is 0 Å². The summed E-state index contributed by atoms with van der Waals surface area (Å²) in [6.07, 6.45) is -0.280. The van der Waals surface area contributed by atoms with E-state index in [1.54, 1.807) is 12.1 Å². The number of halogens is 2. The molecule has 1 N–H and O–H groups in total. The first-order chi connectivity index (χ1) is 12.9. The quantitative estimate of drug-likeness (QED) is 0.547. The maximum absolute atomic E-state index is 12.8. The maximum Gasteiger partial charge on any atom is 0.306 e. The highest BCUT2D eigenvalue weighted by molar-refractivity contribution is 6.32. The molecule has 142 valence electrons. The molecule has 0 heterocycles. The largest absolute Gasteiger partial charge is 0.495 e. The van der Waals surface area contributed by atoms with E-state index in [1.807, 2.05) is 0 Å². The number of anilines is 1. The zero-order valence-electron chi connectivity index (χ0n) is 14.5. The summed E-state index contributed by atoms with van der Waals surface area (Å²) in [5.74, 6) is -1.53. The molecule has 0 unspecified atom stereocenters. The molecule has 2 aromatic carbocycles. The summed E-state index contributed by atoms with van der Waals surface area (Å²) in [4.78, 5) is 35.4. The van der Waals surface area contributed by atoms with E-state index >= 15 is 0 Å². The second-order valence-corrected chi connectivity index (χ2v) is 5.90. The molecule has 0 saturated heterocycles. The van der Waals surface area contributed by atoms with E-state index in [0.29, 0.717) is 22.0 Å². The monoisotopic (exact) mass is 393 g/mol. The number of esters is 1. The Hall–Kier alpha value is -2.93. The van der Waals surface area contributed by atoms with Crippen LogP contribution in [-0.4, -0.2) is 31.4 Å². The van der Waals surface area contributed by atoms with E-state index in [2.05, 4.69) is 5.32 Å². The minimum atomic E-state index is -0.687. The molecule has 0 aliphatic heterocycles. The molecule has 1 amide bonds. The molecule has 0 aliphatic rings. The van der Waals surface area contributed by atoms with Gasteiger partial charge in [0.1, 0.15) is 11.6 Å². The van der Waals surface area contributed by atoms with E-state index in [-0.39, 0.29) is 18.6 Å². The van der Waals surface area contributed by atoms with Crippen LogP contribution in [0.5, 0.6) is 5.75 Å². The van der Waals surface area contributed by atoms with Gasteiger partial charge in [-0.25, -0.2) is 4.39 Å². The first kappa shape index (κ1) is 20.4. The Morgan fingerprint density at radius 2 is 1.78 bits per heavy atom. The highest BCUT2D eigenvalue weighted by atomic mass is 35.5. The summed E-state index contributed by atoms with van der Waals surface area (Å²) in [6, 6.07) is 9.70. The maximum atomic E-state index is 12.8. The summed E-state index contributed by atoms with van der Waals surface area (Å²) in [6.45, 7) is -0.493. The number of hydrogen-bond donors (Lipinski definition) is 1. The number of Topliss-reactive ketones (excluding diaryl/α,β-unsaturated/α-hetero) is 1. The molecular formula is C19H17ClFNO5. The highest BCUT2D eigenvalue weighted by Crippen LogP contribution is 2.27. The predicted octanol–water partition coefficient (Wildman–Crippen LogP) is 3.63. The van der Waals surface area contributed by atoms with Gasteiger partial charge in [-0.1, -0.05) is 11.6 Å². The van der Waals surface area contributed by atoms with Crippen LogP contribution in [0.25, 0.3) is 0 Å². The third-order valence-electron chi connectivity index (χ3n) is 3.52. The Labute approximate surface area is 160 Å². The topological polar surface area (TPSA) is 81.7 Å². The van der Waals surface area contributed by atoms with Crippen molar-refractivity contribution in [3.05, 3.63) is 58.9 Å². The van der Waals surface area contributed by atoms with Gasteiger partial charge in [0.05, 0.1) is 18.6 Å². The van der Waals surface area contributed by atoms with Gasteiger partial charge >= 0.3 is 5.97 Å². The molecule has 27 heavy (non-hydrogen) atoms. The Morgan fingerprint density at radius 1 is 1.07 bits per heavy atom. The van der Waals surface area contributed by atoms with Crippen LogP contribution in [0.4, 0.5) is 10.1 Å².